The lowest BCUT2D eigenvalue weighted by molar-refractivity contribution is 0.102. The number of rotatable bonds is 5. The average Bonchev–Trinajstić information content (AvgIpc) is 2.46. The van der Waals surface area contributed by atoms with Crippen molar-refractivity contribution in [1.29, 1.82) is 0 Å². The molecule has 3 nitrogen and oxygen atoms in total. The Bertz CT molecular complexity index is 506. The minimum Gasteiger partial charge on any atom is -0.494 e. The number of benzene rings is 1. The van der Waals surface area contributed by atoms with Crippen LogP contribution in [-0.2, 0) is 5.60 Å². The zero-order valence-corrected chi connectivity index (χ0v) is 11.3. The first-order chi connectivity index (χ1) is 9.14. The van der Waals surface area contributed by atoms with E-state index in [1.807, 2.05) is 36.4 Å². The zero-order chi connectivity index (χ0) is 13.7. The van der Waals surface area contributed by atoms with Gasteiger partial charge in [-0.3, -0.25) is 4.98 Å². The third kappa shape index (κ3) is 3.12. The summed E-state index contributed by atoms with van der Waals surface area (Å²) in [6, 6.07) is 11.2. The lowest BCUT2D eigenvalue weighted by Crippen LogP contribution is -2.22. The second-order valence-electron chi connectivity index (χ2n) is 4.69. The maximum Gasteiger partial charge on any atom is 0.119 e. The summed E-state index contributed by atoms with van der Waals surface area (Å²) in [5.41, 5.74) is 0.555. The fraction of sp³-hybridized carbons (Fsp3) is 0.312. The first kappa shape index (κ1) is 13.6. The van der Waals surface area contributed by atoms with E-state index < -0.39 is 5.60 Å². The molecule has 1 atom stereocenters. The molecule has 0 radical (unpaired) electrons. The van der Waals surface area contributed by atoms with Gasteiger partial charge in [-0.1, -0.05) is 25.1 Å². The highest BCUT2D eigenvalue weighted by atomic mass is 16.5. The summed E-state index contributed by atoms with van der Waals surface area (Å²) in [6.07, 6.45) is 4.36. The molecule has 3 heteroatoms. The van der Waals surface area contributed by atoms with Crippen molar-refractivity contribution >= 4 is 0 Å². The van der Waals surface area contributed by atoms with Crippen LogP contribution in [0.3, 0.4) is 0 Å². The van der Waals surface area contributed by atoms with Gasteiger partial charge < -0.3 is 9.84 Å². The maximum atomic E-state index is 10.6. The largest absolute Gasteiger partial charge is 0.494 e. The van der Waals surface area contributed by atoms with Crippen LogP contribution < -0.4 is 4.74 Å². The monoisotopic (exact) mass is 257 g/mol. The van der Waals surface area contributed by atoms with Crippen LogP contribution in [0.4, 0.5) is 0 Å². The molecule has 0 saturated carbocycles. The van der Waals surface area contributed by atoms with Gasteiger partial charge in [0.25, 0.3) is 0 Å². The molecule has 0 bridgehead atoms. The van der Waals surface area contributed by atoms with E-state index in [1.165, 1.54) is 0 Å². The molecule has 0 amide bonds. The molecule has 1 aromatic heterocycles. The minimum atomic E-state index is -1.04. The lowest BCUT2D eigenvalue weighted by Gasteiger charge is -2.24. The summed E-state index contributed by atoms with van der Waals surface area (Å²) in [7, 11) is 0. The third-order valence-corrected chi connectivity index (χ3v) is 3.11. The number of hydrogen-bond acceptors (Lipinski definition) is 3. The van der Waals surface area contributed by atoms with E-state index in [9.17, 15) is 5.11 Å². The molecule has 2 aromatic rings. The number of ether oxygens (including phenoxy) is 1. The Morgan fingerprint density at radius 3 is 2.47 bits per heavy atom. The Morgan fingerprint density at radius 1 is 1.16 bits per heavy atom. The molecule has 0 aliphatic rings. The summed E-state index contributed by atoms with van der Waals surface area (Å²) in [6.45, 7) is 4.55. The minimum absolute atomic E-state index is 0.707. The van der Waals surface area contributed by atoms with Crippen LogP contribution in [0.15, 0.2) is 48.8 Å². The fourth-order valence-electron chi connectivity index (χ4n) is 1.91. The average molecular weight is 257 g/mol. The molecule has 100 valence electrons. The summed E-state index contributed by atoms with van der Waals surface area (Å²) in [5.74, 6) is 0.826. The molecule has 1 aromatic carbocycles. The highest BCUT2D eigenvalue weighted by Gasteiger charge is 2.25. The van der Waals surface area contributed by atoms with Gasteiger partial charge in [-0.25, -0.2) is 0 Å². The van der Waals surface area contributed by atoms with E-state index in [4.69, 9.17) is 4.74 Å². The first-order valence-corrected chi connectivity index (χ1v) is 6.51. The third-order valence-electron chi connectivity index (χ3n) is 3.11. The van der Waals surface area contributed by atoms with E-state index >= 15 is 0 Å². The Labute approximate surface area is 113 Å². The van der Waals surface area contributed by atoms with Crippen LogP contribution in [0.1, 0.15) is 31.4 Å². The number of pyridine rings is 1. The molecule has 1 heterocycles. The van der Waals surface area contributed by atoms with Crippen molar-refractivity contribution in [2.45, 2.75) is 25.9 Å². The quantitative estimate of drug-likeness (QED) is 0.894. The smallest absolute Gasteiger partial charge is 0.119 e. The molecule has 2 rings (SSSR count). The molecule has 0 saturated heterocycles. The Kier molecular flexibility index (Phi) is 4.17. The Balaban J connectivity index is 2.21. The van der Waals surface area contributed by atoms with Crippen molar-refractivity contribution in [3.8, 4) is 5.75 Å². The molecule has 1 unspecified atom stereocenters. The topological polar surface area (TPSA) is 42.4 Å². The second-order valence-corrected chi connectivity index (χ2v) is 4.69. The Hall–Kier alpha value is -1.87. The summed E-state index contributed by atoms with van der Waals surface area (Å²) >= 11 is 0. The standard InChI is InChI=1S/C16H19NO2/c1-3-11-19-15-8-6-13(7-9-15)16(2,18)14-5-4-10-17-12-14/h4-10,12,18H,3,11H2,1-2H3. The van der Waals surface area contributed by atoms with E-state index in [1.54, 1.807) is 19.3 Å². The molecule has 0 aliphatic heterocycles. The zero-order valence-electron chi connectivity index (χ0n) is 11.3. The molecular weight excluding hydrogens is 238 g/mol. The normalized spacial score (nSPS) is 13.8. The number of aliphatic hydroxyl groups is 1. The van der Waals surface area contributed by atoms with Gasteiger partial charge in [0.05, 0.1) is 6.61 Å². The van der Waals surface area contributed by atoms with Gasteiger partial charge in [-0.05, 0) is 37.1 Å². The van der Waals surface area contributed by atoms with E-state index in [0.29, 0.717) is 6.61 Å². The number of hydrogen-bond donors (Lipinski definition) is 1. The molecule has 0 spiro atoms. The summed E-state index contributed by atoms with van der Waals surface area (Å²) in [4.78, 5) is 4.05. The number of aromatic nitrogens is 1. The van der Waals surface area contributed by atoms with Crippen LogP contribution in [-0.4, -0.2) is 16.7 Å². The van der Waals surface area contributed by atoms with Crippen LogP contribution >= 0.6 is 0 Å². The van der Waals surface area contributed by atoms with Gasteiger partial charge in [0, 0.05) is 18.0 Å². The van der Waals surface area contributed by atoms with Crippen molar-refractivity contribution in [3.63, 3.8) is 0 Å². The van der Waals surface area contributed by atoms with Crippen molar-refractivity contribution in [2.24, 2.45) is 0 Å². The molecule has 19 heavy (non-hydrogen) atoms. The number of nitrogens with zero attached hydrogens (tertiary/aromatic N) is 1. The van der Waals surface area contributed by atoms with Gasteiger partial charge in [-0.2, -0.15) is 0 Å². The van der Waals surface area contributed by atoms with Crippen LogP contribution in [0, 0.1) is 0 Å². The molecule has 0 aliphatic carbocycles. The van der Waals surface area contributed by atoms with E-state index in [-0.39, 0.29) is 0 Å². The van der Waals surface area contributed by atoms with Gasteiger partial charge in [0.1, 0.15) is 11.4 Å². The van der Waals surface area contributed by atoms with Gasteiger partial charge in [-0.15, -0.1) is 0 Å². The SMILES string of the molecule is CCCOc1ccc(C(C)(O)c2cccnc2)cc1. The predicted molar refractivity (Wildman–Crippen MR) is 75.1 cm³/mol. The van der Waals surface area contributed by atoms with Gasteiger partial charge in [0.15, 0.2) is 0 Å². The summed E-state index contributed by atoms with van der Waals surface area (Å²) in [5, 5.41) is 10.6. The first-order valence-electron chi connectivity index (χ1n) is 6.51. The van der Waals surface area contributed by atoms with Crippen LogP contribution in [0.25, 0.3) is 0 Å². The van der Waals surface area contributed by atoms with Crippen LogP contribution in [0.2, 0.25) is 0 Å². The highest BCUT2D eigenvalue weighted by Crippen LogP contribution is 2.29. The molecule has 1 N–H and O–H groups in total. The maximum absolute atomic E-state index is 10.6. The van der Waals surface area contributed by atoms with Crippen molar-refractivity contribution in [1.82, 2.24) is 4.98 Å². The Morgan fingerprint density at radius 2 is 1.89 bits per heavy atom. The van der Waals surface area contributed by atoms with Crippen molar-refractivity contribution < 1.29 is 9.84 Å². The predicted octanol–water partition coefficient (Wildman–Crippen LogP) is 3.13. The second kappa shape index (κ2) is 5.85. The summed E-state index contributed by atoms with van der Waals surface area (Å²) < 4.78 is 5.53. The van der Waals surface area contributed by atoms with E-state index in [2.05, 4.69) is 11.9 Å². The van der Waals surface area contributed by atoms with E-state index in [0.717, 1.165) is 23.3 Å². The molecule has 0 fully saturated rings. The molecular formula is C16H19NO2. The lowest BCUT2D eigenvalue weighted by atomic mass is 9.89. The van der Waals surface area contributed by atoms with Gasteiger partial charge in [0.2, 0.25) is 0 Å². The fourth-order valence-corrected chi connectivity index (χ4v) is 1.91. The van der Waals surface area contributed by atoms with Crippen LogP contribution in [0.5, 0.6) is 5.75 Å². The van der Waals surface area contributed by atoms with Crippen molar-refractivity contribution in [3.05, 3.63) is 59.9 Å². The van der Waals surface area contributed by atoms with Gasteiger partial charge >= 0.3 is 0 Å². The van der Waals surface area contributed by atoms with Crippen molar-refractivity contribution in [2.75, 3.05) is 6.61 Å². The highest BCUT2D eigenvalue weighted by molar-refractivity contribution is 5.37.